The zero-order chi connectivity index (χ0) is 12.4. The van der Waals surface area contributed by atoms with Crippen molar-refractivity contribution in [3.05, 3.63) is 41.0 Å². The van der Waals surface area contributed by atoms with Crippen LogP contribution in [-0.2, 0) is 0 Å². The summed E-state index contributed by atoms with van der Waals surface area (Å²) in [6.45, 7) is 1.22. The lowest BCUT2D eigenvalue weighted by molar-refractivity contribution is 0.171. The normalized spacial score (nSPS) is 13.4. The van der Waals surface area contributed by atoms with Gasteiger partial charge in [0, 0.05) is 11.1 Å². The zero-order valence-electron chi connectivity index (χ0n) is 9.43. The molecular weight excluding hydrogens is 314 g/mol. The van der Waals surface area contributed by atoms with E-state index < -0.39 is 0 Å². The fourth-order valence-corrected chi connectivity index (χ4v) is 2.95. The highest BCUT2D eigenvalue weighted by molar-refractivity contribution is 9.10. The van der Waals surface area contributed by atoms with Crippen LogP contribution in [0, 0.1) is 0 Å². The monoisotopic (exact) mass is 323 g/mol. The van der Waals surface area contributed by atoms with Crippen LogP contribution in [0.1, 0.15) is 0 Å². The third-order valence-electron chi connectivity index (χ3n) is 2.45. The van der Waals surface area contributed by atoms with Crippen LogP contribution in [0.4, 0.5) is 0 Å². The Hall–Kier alpha value is -1.20. The number of benzene rings is 1. The summed E-state index contributed by atoms with van der Waals surface area (Å²) in [7, 11) is 0. The molecule has 0 saturated heterocycles. The number of nitrogens with zero attached hydrogens (tertiary/aromatic N) is 1. The smallest absolute Gasteiger partial charge is 0.162 e. The molecule has 5 heteroatoms. The van der Waals surface area contributed by atoms with Crippen LogP contribution in [0.25, 0.3) is 0 Å². The second-order valence-corrected chi connectivity index (χ2v) is 5.61. The minimum absolute atomic E-state index is 0.606. The Bertz CT molecular complexity index is 577. The van der Waals surface area contributed by atoms with Gasteiger partial charge in [-0.2, -0.15) is 0 Å². The van der Waals surface area contributed by atoms with E-state index in [0.29, 0.717) is 13.2 Å². The molecule has 0 fully saturated rings. The van der Waals surface area contributed by atoms with Gasteiger partial charge in [0.05, 0.1) is 4.47 Å². The molecule has 0 saturated carbocycles. The highest BCUT2D eigenvalue weighted by Gasteiger charge is 2.12. The van der Waals surface area contributed by atoms with Crippen molar-refractivity contribution in [1.82, 2.24) is 4.98 Å². The van der Waals surface area contributed by atoms with Crippen molar-refractivity contribution >= 4 is 27.7 Å². The van der Waals surface area contributed by atoms with E-state index in [9.17, 15) is 0 Å². The molecule has 3 rings (SSSR count). The van der Waals surface area contributed by atoms with E-state index in [2.05, 4.69) is 20.9 Å². The van der Waals surface area contributed by atoms with E-state index in [1.54, 1.807) is 18.0 Å². The molecule has 0 unspecified atom stereocenters. The van der Waals surface area contributed by atoms with Crippen LogP contribution in [0.3, 0.4) is 0 Å². The third kappa shape index (κ3) is 2.47. The van der Waals surface area contributed by atoms with Gasteiger partial charge in [0.1, 0.15) is 18.2 Å². The highest BCUT2D eigenvalue weighted by Crippen LogP contribution is 2.37. The van der Waals surface area contributed by atoms with Gasteiger partial charge in [-0.1, -0.05) is 11.8 Å². The maximum absolute atomic E-state index is 5.56. The van der Waals surface area contributed by atoms with Crippen molar-refractivity contribution < 1.29 is 9.47 Å². The number of halogens is 1. The maximum atomic E-state index is 5.56. The molecule has 3 nitrogen and oxygen atoms in total. The summed E-state index contributed by atoms with van der Waals surface area (Å²) in [5.41, 5.74) is 0. The van der Waals surface area contributed by atoms with Crippen molar-refractivity contribution in [3.8, 4) is 11.5 Å². The predicted molar refractivity (Wildman–Crippen MR) is 73.5 cm³/mol. The summed E-state index contributed by atoms with van der Waals surface area (Å²) >= 11 is 5.08. The first-order valence-electron chi connectivity index (χ1n) is 5.51. The number of fused-ring (bicyclic) bond motifs is 1. The second kappa shape index (κ2) is 5.20. The van der Waals surface area contributed by atoms with Gasteiger partial charge >= 0.3 is 0 Å². The maximum Gasteiger partial charge on any atom is 0.162 e. The van der Waals surface area contributed by atoms with E-state index >= 15 is 0 Å². The quantitative estimate of drug-likeness (QED) is 0.842. The number of pyridine rings is 1. The van der Waals surface area contributed by atoms with Crippen LogP contribution < -0.4 is 9.47 Å². The number of ether oxygens (including phenoxy) is 2. The van der Waals surface area contributed by atoms with Crippen LogP contribution >= 0.6 is 27.7 Å². The molecule has 1 aliphatic rings. The van der Waals surface area contributed by atoms with Gasteiger partial charge in [-0.25, -0.2) is 4.98 Å². The average Bonchev–Trinajstić information content (AvgIpc) is 2.41. The molecule has 0 bridgehead atoms. The molecule has 0 amide bonds. The number of hydrogen-bond acceptors (Lipinski definition) is 4. The van der Waals surface area contributed by atoms with Crippen LogP contribution in [-0.4, -0.2) is 18.2 Å². The van der Waals surface area contributed by atoms with Gasteiger partial charge in [-0.3, -0.25) is 0 Å². The number of rotatable bonds is 2. The van der Waals surface area contributed by atoms with E-state index in [4.69, 9.17) is 9.47 Å². The Labute approximate surface area is 118 Å². The largest absolute Gasteiger partial charge is 0.486 e. The lowest BCUT2D eigenvalue weighted by Gasteiger charge is -2.18. The Morgan fingerprint density at radius 3 is 2.78 bits per heavy atom. The molecule has 1 aromatic heterocycles. The molecule has 18 heavy (non-hydrogen) atoms. The average molecular weight is 324 g/mol. The molecule has 2 heterocycles. The molecule has 0 atom stereocenters. The summed E-state index contributed by atoms with van der Waals surface area (Å²) in [6, 6.07) is 9.82. The van der Waals surface area contributed by atoms with E-state index in [1.807, 2.05) is 30.3 Å². The van der Waals surface area contributed by atoms with Crippen molar-refractivity contribution in [2.75, 3.05) is 13.2 Å². The summed E-state index contributed by atoms with van der Waals surface area (Å²) in [6.07, 6.45) is 1.78. The molecule has 92 valence electrons. The van der Waals surface area contributed by atoms with Gasteiger partial charge in [0.2, 0.25) is 0 Å². The Morgan fingerprint density at radius 2 is 1.94 bits per heavy atom. The Balaban J connectivity index is 1.87. The minimum atomic E-state index is 0.606. The molecule has 0 radical (unpaired) electrons. The van der Waals surface area contributed by atoms with Gasteiger partial charge in [-0.15, -0.1) is 0 Å². The lowest BCUT2D eigenvalue weighted by atomic mass is 10.3. The fraction of sp³-hybridized carbons (Fsp3) is 0.154. The van der Waals surface area contributed by atoms with Crippen molar-refractivity contribution in [2.45, 2.75) is 9.92 Å². The first-order chi connectivity index (χ1) is 8.83. The number of hydrogen-bond donors (Lipinski definition) is 0. The fourth-order valence-electron chi connectivity index (χ4n) is 1.65. The zero-order valence-corrected chi connectivity index (χ0v) is 11.8. The first-order valence-corrected chi connectivity index (χ1v) is 7.12. The molecule has 2 aromatic rings. The minimum Gasteiger partial charge on any atom is -0.486 e. The van der Waals surface area contributed by atoms with Crippen LogP contribution in [0.2, 0.25) is 0 Å². The van der Waals surface area contributed by atoms with E-state index in [-0.39, 0.29) is 0 Å². The lowest BCUT2D eigenvalue weighted by Crippen LogP contribution is -2.15. The molecular formula is C13H10BrNO2S. The van der Waals surface area contributed by atoms with Crippen molar-refractivity contribution in [3.63, 3.8) is 0 Å². The van der Waals surface area contributed by atoms with Crippen molar-refractivity contribution in [2.24, 2.45) is 0 Å². The molecule has 1 aromatic carbocycles. The topological polar surface area (TPSA) is 31.4 Å². The van der Waals surface area contributed by atoms with Crippen LogP contribution in [0.5, 0.6) is 11.5 Å². The molecule has 0 aliphatic carbocycles. The molecule has 0 N–H and O–H groups in total. The van der Waals surface area contributed by atoms with Gasteiger partial charge in [-0.05, 0) is 46.3 Å². The Kier molecular flexibility index (Phi) is 3.43. The van der Waals surface area contributed by atoms with Gasteiger partial charge < -0.3 is 9.47 Å². The summed E-state index contributed by atoms with van der Waals surface area (Å²) in [5.74, 6) is 1.61. The standard InChI is InChI=1S/C13H10BrNO2S/c14-10-2-1-5-15-13(10)18-9-3-4-11-12(8-9)17-7-6-16-11/h1-5,8H,6-7H2. The first kappa shape index (κ1) is 11.9. The summed E-state index contributed by atoms with van der Waals surface area (Å²) in [4.78, 5) is 5.41. The third-order valence-corrected chi connectivity index (χ3v) is 4.36. The van der Waals surface area contributed by atoms with E-state index in [0.717, 1.165) is 25.9 Å². The van der Waals surface area contributed by atoms with Crippen LogP contribution in [0.15, 0.2) is 50.9 Å². The van der Waals surface area contributed by atoms with Gasteiger partial charge in [0.25, 0.3) is 0 Å². The van der Waals surface area contributed by atoms with Crippen molar-refractivity contribution in [1.29, 1.82) is 0 Å². The molecule has 1 aliphatic heterocycles. The summed E-state index contributed by atoms with van der Waals surface area (Å²) < 4.78 is 12.0. The van der Waals surface area contributed by atoms with E-state index in [1.165, 1.54) is 0 Å². The molecule has 0 spiro atoms. The van der Waals surface area contributed by atoms with Gasteiger partial charge in [0.15, 0.2) is 11.5 Å². The predicted octanol–water partition coefficient (Wildman–Crippen LogP) is 3.77. The summed E-state index contributed by atoms with van der Waals surface area (Å²) in [5, 5.41) is 0.939. The number of aromatic nitrogens is 1. The SMILES string of the molecule is Brc1cccnc1Sc1ccc2c(c1)OCCO2. The second-order valence-electron chi connectivity index (χ2n) is 3.70. The Morgan fingerprint density at radius 1 is 1.11 bits per heavy atom. The highest BCUT2D eigenvalue weighted by atomic mass is 79.9.